The molecule has 0 fully saturated rings. The molecule has 0 heterocycles. The normalized spacial score (nSPS) is 12.3. The molecule has 0 spiro atoms. The van der Waals surface area contributed by atoms with Crippen molar-refractivity contribution in [2.24, 2.45) is 0 Å². The van der Waals surface area contributed by atoms with Gasteiger partial charge in [0.1, 0.15) is 0 Å². The molecule has 0 aliphatic rings. The maximum atomic E-state index is 2.48. The highest BCUT2D eigenvalue weighted by molar-refractivity contribution is 6.25. The molecule has 0 atom stereocenters. The quantitative estimate of drug-likeness (QED) is 0.0746. The van der Waals surface area contributed by atoms with Crippen LogP contribution in [0.3, 0.4) is 0 Å². The number of nitrogens with zero attached hydrogens (tertiary/aromatic N) is 2. The summed E-state index contributed by atoms with van der Waals surface area (Å²) in [5, 5.41) is 7.10. The second kappa shape index (κ2) is 25.7. The number of hydrogen-bond acceptors (Lipinski definition) is 2. The summed E-state index contributed by atoms with van der Waals surface area (Å²) in [4.78, 5) is 4.92. The third-order valence-corrected chi connectivity index (χ3v) is 18.0. The van der Waals surface area contributed by atoms with Gasteiger partial charge in [-0.25, -0.2) is 0 Å². The fourth-order valence-corrected chi connectivity index (χ4v) is 12.9. The zero-order valence-electron chi connectivity index (χ0n) is 53.7. The fourth-order valence-electron chi connectivity index (χ4n) is 12.9. The van der Waals surface area contributed by atoms with Crippen LogP contribution in [0.1, 0.15) is 100 Å². The van der Waals surface area contributed by atoms with Crippen molar-refractivity contribution in [3.63, 3.8) is 0 Å². The number of hydrogen-bond donors (Lipinski definition) is 0. The topological polar surface area (TPSA) is 6.48 Å². The number of anilines is 6. The molecule has 0 amide bonds. The molecular formula is C89H76N2. The van der Waals surface area contributed by atoms with Gasteiger partial charge in [-0.1, -0.05) is 265 Å². The first-order chi connectivity index (χ1) is 44.3. The molecule has 0 radical (unpaired) electrons. The molecule has 442 valence electrons. The zero-order valence-corrected chi connectivity index (χ0v) is 53.7. The van der Waals surface area contributed by atoms with Crippen molar-refractivity contribution in [3.8, 4) is 11.1 Å². The molecule has 0 unspecified atom stereocenters. The molecule has 0 saturated heterocycles. The summed E-state index contributed by atoms with van der Waals surface area (Å²) in [6, 6.07) is 101. The number of fused-ring (bicyclic) bond motifs is 3. The van der Waals surface area contributed by atoms with E-state index in [9.17, 15) is 0 Å². The van der Waals surface area contributed by atoms with Gasteiger partial charge in [0.2, 0.25) is 0 Å². The third-order valence-electron chi connectivity index (χ3n) is 18.0. The van der Waals surface area contributed by atoms with E-state index >= 15 is 0 Å². The molecule has 0 bridgehead atoms. The minimum atomic E-state index is 1.08. The Morgan fingerprint density at radius 3 is 0.890 bits per heavy atom. The van der Waals surface area contributed by atoms with E-state index in [0.717, 1.165) is 56.4 Å². The van der Waals surface area contributed by atoms with Gasteiger partial charge in [0.15, 0.2) is 0 Å². The Bertz CT molecular complexity index is 4660. The fraction of sp³-hybridized carbons (Fsp3) is 0.101. The lowest BCUT2D eigenvalue weighted by atomic mass is 9.86. The van der Waals surface area contributed by atoms with Crippen molar-refractivity contribution >= 4 is 113 Å². The number of benzene rings is 13. The average Bonchev–Trinajstić information content (AvgIpc) is 0.766. The van der Waals surface area contributed by atoms with E-state index in [1.54, 1.807) is 0 Å². The minimum absolute atomic E-state index is 1.08. The standard InChI is InChI=1S/C89H76N2/c1-59-21-37-72(38-22-59)64(6)55-68-29-45-76(46-30-68)90(77-47-31-69(32-48-77)56-65(7)73-39-23-60(2)24-40-73)86-54-53-85(87-63(5)15-14-20-84(86)87)88-80-16-10-12-18-82(80)89(83-19-13-11-17-81(83)88)91(78-49-33-70(34-50-78)57-66(8)74-41-25-61(3)26-42-74)79-51-35-71(36-52-79)58-67(9)75-43-27-62(4)28-44-75/h10-58H,1-9H3/b64-55+,65-56+,66-57+,67-58+. The monoisotopic (exact) mass is 1170 g/mol. The Balaban J connectivity index is 0.964. The maximum absolute atomic E-state index is 2.48. The predicted octanol–water partition coefficient (Wildman–Crippen LogP) is 25.5. The molecule has 0 aliphatic heterocycles. The van der Waals surface area contributed by atoms with E-state index in [1.807, 2.05) is 0 Å². The molecule has 0 saturated carbocycles. The van der Waals surface area contributed by atoms with Crippen LogP contribution in [0.25, 0.3) is 90.0 Å². The lowest BCUT2D eigenvalue weighted by Gasteiger charge is -2.30. The van der Waals surface area contributed by atoms with Gasteiger partial charge < -0.3 is 9.80 Å². The summed E-state index contributed by atoms with van der Waals surface area (Å²) in [5.74, 6) is 0. The van der Waals surface area contributed by atoms with E-state index in [4.69, 9.17) is 0 Å². The summed E-state index contributed by atoms with van der Waals surface area (Å²) in [6.45, 7) is 19.6. The Morgan fingerprint density at radius 2 is 0.560 bits per heavy atom. The average molecular weight is 1170 g/mol. The highest BCUT2D eigenvalue weighted by Gasteiger charge is 2.25. The van der Waals surface area contributed by atoms with Crippen molar-refractivity contribution in [1.29, 1.82) is 0 Å². The number of allylic oxidation sites excluding steroid dienone is 4. The minimum Gasteiger partial charge on any atom is -0.310 e. The Morgan fingerprint density at radius 1 is 0.264 bits per heavy atom. The van der Waals surface area contributed by atoms with E-state index in [1.165, 1.54) is 116 Å². The van der Waals surface area contributed by atoms with Crippen molar-refractivity contribution in [2.75, 3.05) is 9.80 Å². The molecule has 13 rings (SSSR count). The largest absolute Gasteiger partial charge is 0.310 e. The first-order valence-electron chi connectivity index (χ1n) is 31.8. The third kappa shape index (κ3) is 12.5. The summed E-state index contributed by atoms with van der Waals surface area (Å²) >= 11 is 0. The molecule has 13 aromatic carbocycles. The van der Waals surface area contributed by atoms with Gasteiger partial charge in [0, 0.05) is 38.9 Å². The van der Waals surface area contributed by atoms with E-state index < -0.39 is 0 Å². The molecule has 0 aromatic heterocycles. The first kappa shape index (κ1) is 59.2. The van der Waals surface area contributed by atoms with Crippen molar-refractivity contribution < 1.29 is 0 Å². The molecule has 91 heavy (non-hydrogen) atoms. The van der Waals surface area contributed by atoms with Crippen LogP contribution in [0.2, 0.25) is 0 Å². The molecule has 0 aliphatic carbocycles. The Labute approximate surface area is 538 Å². The Hall–Kier alpha value is -10.8. The molecular weight excluding hydrogens is 1100 g/mol. The van der Waals surface area contributed by atoms with Crippen LogP contribution >= 0.6 is 0 Å². The SMILES string of the molecule is C/C(=C\c1ccc(N(c2ccc(/C=C(\C)c3ccc(C)cc3)cc2)c2c3ccccc3c(-c3ccc(N(c4ccc(/C=C(\C)c5ccc(C)cc5)cc4)c4ccc(/C=C(\C)c5ccc(C)cc5)cc4)c4cccc(C)c34)c3ccccc23)cc1)c1ccc(C)cc1. The van der Waals surface area contributed by atoms with Gasteiger partial charge in [-0.05, 0) is 217 Å². The summed E-state index contributed by atoms with van der Waals surface area (Å²) in [5.41, 5.74) is 29.6. The van der Waals surface area contributed by atoms with Crippen LogP contribution in [-0.4, -0.2) is 0 Å². The lowest BCUT2D eigenvalue weighted by molar-refractivity contribution is 1.29. The zero-order chi connectivity index (χ0) is 62.7. The van der Waals surface area contributed by atoms with Crippen molar-refractivity contribution in [2.45, 2.75) is 62.3 Å². The highest BCUT2D eigenvalue weighted by atomic mass is 15.2. The van der Waals surface area contributed by atoms with E-state index in [0.29, 0.717) is 0 Å². The van der Waals surface area contributed by atoms with Gasteiger partial charge in [0.05, 0.1) is 11.4 Å². The second-order valence-electron chi connectivity index (χ2n) is 24.8. The van der Waals surface area contributed by atoms with Gasteiger partial charge in [-0.2, -0.15) is 0 Å². The van der Waals surface area contributed by atoms with Crippen LogP contribution in [0.5, 0.6) is 0 Å². The molecule has 2 heteroatoms. The Kier molecular flexibility index (Phi) is 16.7. The lowest BCUT2D eigenvalue weighted by Crippen LogP contribution is -2.12. The van der Waals surface area contributed by atoms with Gasteiger partial charge in [-0.15, -0.1) is 0 Å². The summed E-state index contributed by atoms with van der Waals surface area (Å²) in [6.07, 6.45) is 9.15. The van der Waals surface area contributed by atoms with Crippen molar-refractivity contribution in [3.05, 3.63) is 345 Å². The van der Waals surface area contributed by atoms with Crippen molar-refractivity contribution in [1.82, 2.24) is 0 Å². The smallest absolute Gasteiger partial charge is 0.0618 e. The van der Waals surface area contributed by atoms with Gasteiger partial charge in [-0.3, -0.25) is 0 Å². The van der Waals surface area contributed by atoms with Gasteiger partial charge in [0.25, 0.3) is 0 Å². The van der Waals surface area contributed by atoms with E-state index in [2.05, 4.69) is 369 Å². The maximum Gasteiger partial charge on any atom is 0.0618 e. The molecule has 2 nitrogen and oxygen atoms in total. The van der Waals surface area contributed by atoms with Crippen LogP contribution in [0, 0.1) is 34.6 Å². The van der Waals surface area contributed by atoms with E-state index in [-0.39, 0.29) is 0 Å². The van der Waals surface area contributed by atoms with Gasteiger partial charge >= 0.3 is 0 Å². The van der Waals surface area contributed by atoms with Crippen LogP contribution in [0.15, 0.2) is 273 Å². The second-order valence-corrected chi connectivity index (χ2v) is 24.8. The molecule has 13 aromatic rings. The summed E-state index contributed by atoms with van der Waals surface area (Å²) < 4.78 is 0. The predicted molar refractivity (Wildman–Crippen MR) is 397 cm³/mol. The molecule has 0 N–H and O–H groups in total. The summed E-state index contributed by atoms with van der Waals surface area (Å²) in [7, 11) is 0. The van der Waals surface area contributed by atoms with Crippen LogP contribution < -0.4 is 9.80 Å². The number of aryl methyl sites for hydroxylation is 5. The first-order valence-corrected chi connectivity index (χ1v) is 31.8. The number of rotatable bonds is 15. The highest BCUT2D eigenvalue weighted by Crippen LogP contribution is 2.51. The van der Waals surface area contributed by atoms with Crippen LogP contribution in [0.4, 0.5) is 34.1 Å². The van der Waals surface area contributed by atoms with Crippen LogP contribution in [-0.2, 0) is 0 Å².